The Morgan fingerprint density at radius 2 is 2.00 bits per heavy atom. The Kier molecular flexibility index (Phi) is 11.6. The first kappa shape index (κ1) is 29.9. The van der Waals surface area contributed by atoms with Gasteiger partial charge in [-0.1, -0.05) is 39.5 Å². The van der Waals surface area contributed by atoms with E-state index >= 15 is 0 Å². The predicted octanol–water partition coefficient (Wildman–Crippen LogP) is 5.16. The van der Waals surface area contributed by atoms with Crippen LogP contribution in [-0.4, -0.2) is 66.3 Å². The molecule has 9 nitrogen and oxygen atoms in total. The second kappa shape index (κ2) is 14.4. The fourth-order valence-corrected chi connectivity index (χ4v) is 4.33. The SMILES string of the molecule is C=CCCCCCOC(=O)N[C@H](C(=O)CC1C[C@@H](Oc2ncccc2C=C)CN1C(=O)OC)C(C)(C)C. The number of ketones is 1. The Morgan fingerprint density at radius 3 is 2.65 bits per heavy atom. The summed E-state index contributed by atoms with van der Waals surface area (Å²) in [6, 6.07) is 2.38. The smallest absolute Gasteiger partial charge is 0.409 e. The molecule has 0 aliphatic carbocycles. The van der Waals surface area contributed by atoms with Crippen molar-refractivity contribution < 1.29 is 28.6 Å². The van der Waals surface area contributed by atoms with Crippen LogP contribution in [0.5, 0.6) is 5.88 Å². The molecule has 1 aliphatic rings. The Labute approximate surface area is 220 Å². The molecule has 1 fully saturated rings. The highest BCUT2D eigenvalue weighted by Gasteiger charge is 2.41. The van der Waals surface area contributed by atoms with Crippen LogP contribution in [0.2, 0.25) is 0 Å². The van der Waals surface area contributed by atoms with Gasteiger partial charge in [0.25, 0.3) is 0 Å². The molecule has 1 unspecified atom stereocenters. The number of carbonyl (C=O) groups is 3. The number of unbranched alkanes of at least 4 members (excludes halogenated alkanes) is 3. The van der Waals surface area contributed by atoms with Crippen molar-refractivity contribution in [1.82, 2.24) is 15.2 Å². The molecule has 37 heavy (non-hydrogen) atoms. The minimum absolute atomic E-state index is 0.0370. The van der Waals surface area contributed by atoms with Crippen LogP contribution in [0.1, 0.15) is 64.9 Å². The number of rotatable bonds is 13. The number of likely N-dealkylation sites (tertiary alicyclic amines) is 1. The van der Waals surface area contributed by atoms with Gasteiger partial charge in [0.15, 0.2) is 5.78 Å². The number of nitrogens with one attached hydrogen (secondary N) is 1. The van der Waals surface area contributed by atoms with E-state index < -0.39 is 29.7 Å². The van der Waals surface area contributed by atoms with Crippen LogP contribution in [-0.2, 0) is 14.3 Å². The van der Waals surface area contributed by atoms with Crippen molar-refractivity contribution in [3.63, 3.8) is 0 Å². The van der Waals surface area contributed by atoms with Crippen molar-refractivity contribution in [2.45, 2.75) is 77.5 Å². The van der Waals surface area contributed by atoms with Gasteiger partial charge in [0.1, 0.15) is 6.10 Å². The molecular formula is C28H41N3O6. The van der Waals surface area contributed by atoms with E-state index in [0.717, 1.165) is 31.2 Å². The highest BCUT2D eigenvalue weighted by Crippen LogP contribution is 2.29. The number of hydrogen-bond donors (Lipinski definition) is 1. The molecule has 0 aromatic carbocycles. The molecule has 204 valence electrons. The molecule has 0 radical (unpaired) electrons. The zero-order chi connectivity index (χ0) is 27.4. The van der Waals surface area contributed by atoms with E-state index in [2.05, 4.69) is 23.5 Å². The summed E-state index contributed by atoms with van der Waals surface area (Å²) in [6.07, 6.45) is 7.66. The van der Waals surface area contributed by atoms with Crippen molar-refractivity contribution in [3.05, 3.63) is 43.1 Å². The van der Waals surface area contributed by atoms with E-state index in [0.29, 0.717) is 12.3 Å². The van der Waals surface area contributed by atoms with E-state index in [9.17, 15) is 14.4 Å². The number of carbonyl (C=O) groups excluding carboxylic acids is 3. The van der Waals surface area contributed by atoms with Crippen molar-refractivity contribution in [2.75, 3.05) is 20.3 Å². The van der Waals surface area contributed by atoms with Crippen LogP contribution in [0.4, 0.5) is 9.59 Å². The largest absolute Gasteiger partial charge is 0.472 e. The molecular weight excluding hydrogens is 474 g/mol. The summed E-state index contributed by atoms with van der Waals surface area (Å²) in [6.45, 7) is 13.6. The Bertz CT molecular complexity index is 942. The average molecular weight is 516 g/mol. The zero-order valence-corrected chi connectivity index (χ0v) is 22.5. The minimum Gasteiger partial charge on any atom is -0.472 e. The first-order valence-corrected chi connectivity index (χ1v) is 12.8. The Balaban J connectivity index is 2.04. The van der Waals surface area contributed by atoms with Crippen LogP contribution in [0.25, 0.3) is 6.08 Å². The molecule has 9 heteroatoms. The van der Waals surface area contributed by atoms with Crippen LogP contribution in [0.3, 0.4) is 0 Å². The quantitative estimate of drug-likeness (QED) is 0.286. The lowest BCUT2D eigenvalue weighted by Gasteiger charge is -2.31. The monoisotopic (exact) mass is 515 g/mol. The van der Waals surface area contributed by atoms with E-state index in [1.807, 2.05) is 32.9 Å². The maximum Gasteiger partial charge on any atom is 0.409 e. The van der Waals surface area contributed by atoms with Gasteiger partial charge < -0.3 is 24.4 Å². The third-order valence-corrected chi connectivity index (χ3v) is 6.26. The molecule has 3 atom stereocenters. The minimum atomic E-state index is -0.789. The summed E-state index contributed by atoms with van der Waals surface area (Å²) in [5.41, 5.74) is 0.181. The Hall–Kier alpha value is -3.36. The third-order valence-electron chi connectivity index (χ3n) is 6.26. The van der Waals surface area contributed by atoms with Gasteiger partial charge in [-0.25, -0.2) is 14.6 Å². The van der Waals surface area contributed by atoms with Gasteiger partial charge in [0, 0.05) is 30.6 Å². The first-order chi connectivity index (χ1) is 17.6. The second-order valence-corrected chi connectivity index (χ2v) is 10.2. The summed E-state index contributed by atoms with van der Waals surface area (Å²) < 4.78 is 16.3. The summed E-state index contributed by atoms with van der Waals surface area (Å²) in [4.78, 5) is 44.1. The topological polar surface area (TPSA) is 107 Å². The van der Waals surface area contributed by atoms with Crippen molar-refractivity contribution in [1.29, 1.82) is 0 Å². The van der Waals surface area contributed by atoms with Gasteiger partial charge in [0.2, 0.25) is 5.88 Å². The lowest BCUT2D eigenvalue weighted by Crippen LogP contribution is -2.51. The number of allylic oxidation sites excluding steroid dienone is 1. The number of ether oxygens (including phenoxy) is 3. The molecule has 1 N–H and O–H groups in total. The van der Waals surface area contributed by atoms with Gasteiger partial charge in [-0.15, -0.1) is 6.58 Å². The van der Waals surface area contributed by atoms with Crippen LogP contribution in [0.15, 0.2) is 37.6 Å². The van der Waals surface area contributed by atoms with Gasteiger partial charge in [0.05, 0.1) is 26.3 Å². The van der Waals surface area contributed by atoms with Crippen molar-refractivity contribution in [2.24, 2.45) is 5.41 Å². The molecule has 1 saturated heterocycles. The van der Waals surface area contributed by atoms with Gasteiger partial charge in [-0.05, 0) is 43.2 Å². The highest BCUT2D eigenvalue weighted by molar-refractivity contribution is 5.89. The number of Topliss-reactive ketones (excluding diaryl/α,β-unsaturated/α-hetero) is 1. The average Bonchev–Trinajstić information content (AvgIpc) is 3.25. The number of amides is 2. The zero-order valence-electron chi connectivity index (χ0n) is 22.5. The molecule has 0 saturated carbocycles. The molecule has 2 amide bonds. The van der Waals surface area contributed by atoms with Crippen molar-refractivity contribution in [3.8, 4) is 5.88 Å². The van der Waals surface area contributed by atoms with E-state index in [4.69, 9.17) is 14.2 Å². The standard InChI is InChI=1S/C28H41N3O6/c1-7-9-10-11-12-16-36-26(33)30-24(28(3,4)5)23(32)18-21-17-22(19-31(21)27(34)35-6)37-25-20(8-2)14-13-15-29-25/h7-8,13-15,21-22,24H,1-2,9-12,16-19H2,3-6H3,(H,30,33)/t21?,22-,24-/m1/s1. The molecule has 0 spiro atoms. The van der Waals surface area contributed by atoms with Crippen LogP contribution in [0, 0.1) is 5.41 Å². The van der Waals surface area contributed by atoms with E-state index in [1.54, 1.807) is 18.3 Å². The fraction of sp³-hybridized carbons (Fsp3) is 0.571. The summed E-state index contributed by atoms with van der Waals surface area (Å²) >= 11 is 0. The van der Waals surface area contributed by atoms with Crippen LogP contribution >= 0.6 is 0 Å². The first-order valence-electron chi connectivity index (χ1n) is 12.8. The third kappa shape index (κ3) is 9.22. The normalized spacial score (nSPS) is 18.0. The number of alkyl carbamates (subject to hydrolysis) is 1. The second-order valence-electron chi connectivity index (χ2n) is 10.2. The molecule has 1 aliphatic heterocycles. The lowest BCUT2D eigenvalue weighted by molar-refractivity contribution is -0.124. The van der Waals surface area contributed by atoms with Crippen LogP contribution < -0.4 is 10.1 Å². The number of hydrogen-bond acceptors (Lipinski definition) is 7. The number of aromatic nitrogens is 1. The molecule has 2 heterocycles. The maximum absolute atomic E-state index is 13.4. The van der Waals surface area contributed by atoms with E-state index in [-0.39, 0.29) is 31.5 Å². The molecule has 1 aromatic rings. The number of methoxy groups -OCH3 is 1. The molecule has 0 bridgehead atoms. The molecule has 1 aromatic heterocycles. The van der Waals surface area contributed by atoms with Crippen molar-refractivity contribution >= 4 is 24.0 Å². The predicted molar refractivity (Wildman–Crippen MR) is 142 cm³/mol. The Morgan fingerprint density at radius 1 is 1.24 bits per heavy atom. The molecule has 2 rings (SSSR count). The fourth-order valence-electron chi connectivity index (χ4n) is 4.33. The van der Waals surface area contributed by atoms with Gasteiger partial charge in [-0.3, -0.25) is 4.79 Å². The highest BCUT2D eigenvalue weighted by atomic mass is 16.6. The summed E-state index contributed by atoms with van der Waals surface area (Å²) in [5, 5.41) is 2.74. The summed E-state index contributed by atoms with van der Waals surface area (Å²) in [7, 11) is 1.30. The lowest BCUT2D eigenvalue weighted by atomic mass is 9.82. The number of pyridine rings is 1. The van der Waals surface area contributed by atoms with E-state index in [1.165, 1.54) is 12.0 Å². The maximum atomic E-state index is 13.4. The summed E-state index contributed by atoms with van der Waals surface area (Å²) in [5.74, 6) is 0.223. The van der Waals surface area contributed by atoms with Gasteiger partial charge in [-0.2, -0.15) is 0 Å². The number of nitrogens with zero attached hydrogens (tertiary/aromatic N) is 2. The van der Waals surface area contributed by atoms with Gasteiger partial charge >= 0.3 is 12.2 Å².